The maximum atomic E-state index is 12.2. The summed E-state index contributed by atoms with van der Waals surface area (Å²) in [6.07, 6.45) is 2.91. The number of rotatable bonds is 4. The second-order valence-corrected chi connectivity index (χ2v) is 5.38. The summed E-state index contributed by atoms with van der Waals surface area (Å²) < 4.78 is 4.02. The van der Waals surface area contributed by atoms with Crippen LogP contribution in [0.4, 0.5) is 5.13 Å². The van der Waals surface area contributed by atoms with Crippen LogP contribution in [0.5, 0.6) is 0 Å². The van der Waals surface area contributed by atoms with Crippen LogP contribution in [0.15, 0.2) is 0 Å². The van der Waals surface area contributed by atoms with E-state index in [1.807, 2.05) is 6.92 Å². The van der Waals surface area contributed by atoms with Crippen LogP contribution in [0.1, 0.15) is 38.4 Å². The van der Waals surface area contributed by atoms with Crippen LogP contribution in [0, 0.1) is 6.92 Å². The van der Waals surface area contributed by atoms with Crippen molar-refractivity contribution in [3.63, 3.8) is 0 Å². The first-order valence-electron chi connectivity index (χ1n) is 6.52. The van der Waals surface area contributed by atoms with Gasteiger partial charge in [-0.1, -0.05) is 6.92 Å². The second kappa shape index (κ2) is 6.10. The Balaban J connectivity index is 1.99. The summed E-state index contributed by atoms with van der Waals surface area (Å²) in [5.41, 5.74) is 0. The third-order valence-electron chi connectivity index (χ3n) is 3.10. The van der Waals surface area contributed by atoms with E-state index in [0.717, 1.165) is 30.8 Å². The Morgan fingerprint density at radius 1 is 1.53 bits per heavy atom. The van der Waals surface area contributed by atoms with Crippen molar-refractivity contribution in [1.82, 2.24) is 14.3 Å². The summed E-state index contributed by atoms with van der Waals surface area (Å²) in [4.78, 5) is 29.9. The minimum atomic E-state index is -0.358. The standard InChI is InChI=1S/C12H18N4O2S/c1-3-5-10(17)16-7-4-6-9(16)11(18)14-12-13-8(2)15-19-12/h9H,3-7H2,1-2H3,(H,13,14,15,18)/t9-/m1/s1. The van der Waals surface area contributed by atoms with Gasteiger partial charge in [-0.25, -0.2) is 4.98 Å². The SMILES string of the molecule is CCCC(=O)N1CCC[C@@H]1C(=O)Nc1nc(C)ns1. The highest BCUT2D eigenvalue weighted by Crippen LogP contribution is 2.21. The molecule has 6 nitrogen and oxygen atoms in total. The third kappa shape index (κ3) is 3.28. The normalized spacial score (nSPS) is 18.6. The van der Waals surface area contributed by atoms with Crippen molar-refractivity contribution in [2.75, 3.05) is 11.9 Å². The van der Waals surface area contributed by atoms with Crippen LogP contribution >= 0.6 is 11.5 Å². The molecule has 0 spiro atoms. The molecule has 1 fully saturated rings. The number of aromatic nitrogens is 2. The average Bonchev–Trinajstić information content (AvgIpc) is 2.98. The van der Waals surface area contributed by atoms with Gasteiger partial charge < -0.3 is 4.90 Å². The van der Waals surface area contributed by atoms with E-state index in [0.29, 0.717) is 23.9 Å². The largest absolute Gasteiger partial charge is 0.331 e. The van der Waals surface area contributed by atoms with E-state index in [9.17, 15) is 9.59 Å². The molecule has 19 heavy (non-hydrogen) atoms. The van der Waals surface area contributed by atoms with E-state index in [1.165, 1.54) is 0 Å². The fourth-order valence-electron chi connectivity index (χ4n) is 2.23. The Bertz CT molecular complexity index is 474. The van der Waals surface area contributed by atoms with Gasteiger partial charge in [0.1, 0.15) is 11.9 Å². The summed E-state index contributed by atoms with van der Waals surface area (Å²) in [5.74, 6) is 0.553. The van der Waals surface area contributed by atoms with Crippen LogP contribution in [-0.4, -0.2) is 38.7 Å². The molecule has 1 aliphatic heterocycles. The van der Waals surface area contributed by atoms with Gasteiger partial charge in [-0.15, -0.1) is 0 Å². The molecule has 104 valence electrons. The summed E-state index contributed by atoms with van der Waals surface area (Å²) in [7, 11) is 0. The first kappa shape index (κ1) is 13.9. The monoisotopic (exact) mass is 282 g/mol. The lowest BCUT2D eigenvalue weighted by Gasteiger charge is -2.23. The van der Waals surface area contributed by atoms with Gasteiger partial charge in [-0.05, 0) is 26.2 Å². The topological polar surface area (TPSA) is 75.2 Å². The first-order chi connectivity index (χ1) is 9.11. The Morgan fingerprint density at radius 3 is 2.95 bits per heavy atom. The number of amides is 2. The number of likely N-dealkylation sites (tertiary alicyclic amines) is 1. The van der Waals surface area contributed by atoms with E-state index >= 15 is 0 Å². The highest BCUT2D eigenvalue weighted by molar-refractivity contribution is 7.09. The smallest absolute Gasteiger partial charge is 0.248 e. The molecule has 7 heteroatoms. The lowest BCUT2D eigenvalue weighted by Crippen LogP contribution is -2.43. The van der Waals surface area contributed by atoms with E-state index in [-0.39, 0.29) is 17.9 Å². The molecule has 0 aromatic carbocycles. The predicted molar refractivity (Wildman–Crippen MR) is 72.9 cm³/mol. The molecule has 1 saturated heterocycles. The Morgan fingerprint density at radius 2 is 2.32 bits per heavy atom. The zero-order valence-electron chi connectivity index (χ0n) is 11.2. The zero-order chi connectivity index (χ0) is 13.8. The van der Waals surface area contributed by atoms with Crippen molar-refractivity contribution < 1.29 is 9.59 Å². The Labute approximate surface area is 116 Å². The summed E-state index contributed by atoms with van der Waals surface area (Å²) >= 11 is 1.16. The van der Waals surface area contributed by atoms with Crippen molar-refractivity contribution in [3.8, 4) is 0 Å². The molecule has 1 aliphatic rings. The molecule has 0 bridgehead atoms. The van der Waals surface area contributed by atoms with Gasteiger partial charge in [0.25, 0.3) is 0 Å². The van der Waals surface area contributed by atoms with Crippen LogP contribution in [0.2, 0.25) is 0 Å². The van der Waals surface area contributed by atoms with Gasteiger partial charge in [0.15, 0.2) is 0 Å². The molecule has 1 aromatic rings. The highest BCUT2D eigenvalue weighted by Gasteiger charge is 2.33. The fraction of sp³-hybridized carbons (Fsp3) is 0.667. The molecule has 2 amide bonds. The lowest BCUT2D eigenvalue weighted by molar-refractivity contribution is -0.136. The van der Waals surface area contributed by atoms with Crippen molar-refractivity contribution in [2.45, 2.75) is 45.6 Å². The molecule has 0 saturated carbocycles. The van der Waals surface area contributed by atoms with Crippen molar-refractivity contribution in [1.29, 1.82) is 0 Å². The molecule has 0 unspecified atom stereocenters. The van der Waals surface area contributed by atoms with E-state index < -0.39 is 0 Å². The number of nitrogens with zero attached hydrogens (tertiary/aromatic N) is 3. The van der Waals surface area contributed by atoms with Crippen LogP contribution < -0.4 is 5.32 Å². The number of carbonyl (C=O) groups is 2. The van der Waals surface area contributed by atoms with Gasteiger partial charge >= 0.3 is 0 Å². The maximum absolute atomic E-state index is 12.2. The molecular weight excluding hydrogens is 264 g/mol. The zero-order valence-corrected chi connectivity index (χ0v) is 12.0. The van der Waals surface area contributed by atoms with Gasteiger partial charge in [0.05, 0.1) is 0 Å². The minimum absolute atomic E-state index is 0.0635. The molecule has 2 rings (SSSR count). The van der Waals surface area contributed by atoms with Crippen LogP contribution in [0.3, 0.4) is 0 Å². The fourth-order valence-corrected chi connectivity index (χ4v) is 2.81. The second-order valence-electron chi connectivity index (χ2n) is 4.63. The third-order valence-corrected chi connectivity index (χ3v) is 3.82. The summed E-state index contributed by atoms with van der Waals surface area (Å²) in [6, 6.07) is -0.358. The van der Waals surface area contributed by atoms with Gasteiger partial charge in [0.2, 0.25) is 16.9 Å². The van der Waals surface area contributed by atoms with Gasteiger partial charge in [-0.2, -0.15) is 4.37 Å². The molecular formula is C12H18N4O2S. The highest BCUT2D eigenvalue weighted by atomic mass is 32.1. The van der Waals surface area contributed by atoms with Crippen LogP contribution in [0.25, 0.3) is 0 Å². The Kier molecular flexibility index (Phi) is 4.47. The Hall–Kier alpha value is -1.50. The van der Waals surface area contributed by atoms with Crippen molar-refractivity contribution >= 4 is 28.5 Å². The summed E-state index contributed by atoms with van der Waals surface area (Å²) in [6.45, 7) is 4.41. The van der Waals surface area contributed by atoms with E-state index in [4.69, 9.17) is 0 Å². The lowest BCUT2D eigenvalue weighted by atomic mass is 10.2. The number of hydrogen-bond donors (Lipinski definition) is 1. The predicted octanol–water partition coefficient (Wildman–Crippen LogP) is 1.58. The van der Waals surface area contributed by atoms with Crippen molar-refractivity contribution in [2.24, 2.45) is 0 Å². The number of carbonyl (C=O) groups excluding carboxylic acids is 2. The van der Waals surface area contributed by atoms with Crippen molar-refractivity contribution in [3.05, 3.63) is 5.82 Å². The first-order valence-corrected chi connectivity index (χ1v) is 7.29. The maximum Gasteiger partial charge on any atom is 0.248 e. The quantitative estimate of drug-likeness (QED) is 0.909. The van der Waals surface area contributed by atoms with Crippen LogP contribution in [-0.2, 0) is 9.59 Å². The van der Waals surface area contributed by atoms with Gasteiger partial charge in [0, 0.05) is 24.5 Å². The number of aryl methyl sites for hydroxylation is 1. The number of nitrogens with one attached hydrogen (secondary N) is 1. The summed E-state index contributed by atoms with van der Waals surface area (Å²) in [5, 5.41) is 3.24. The molecule has 0 radical (unpaired) electrons. The molecule has 1 N–H and O–H groups in total. The molecule has 2 heterocycles. The van der Waals surface area contributed by atoms with E-state index in [1.54, 1.807) is 11.8 Å². The average molecular weight is 282 g/mol. The number of anilines is 1. The molecule has 1 atom stereocenters. The molecule has 1 aromatic heterocycles. The van der Waals surface area contributed by atoms with Gasteiger partial charge in [-0.3, -0.25) is 14.9 Å². The van der Waals surface area contributed by atoms with E-state index in [2.05, 4.69) is 14.7 Å². The molecule has 0 aliphatic carbocycles. The number of hydrogen-bond acceptors (Lipinski definition) is 5. The minimum Gasteiger partial charge on any atom is -0.331 e.